The predicted molar refractivity (Wildman–Crippen MR) is 84.4 cm³/mol. The van der Waals surface area contributed by atoms with Crippen LogP contribution in [-0.2, 0) is 6.54 Å². The molecule has 3 rings (SSSR count). The maximum absolute atomic E-state index is 4.24. The molecular formula is C17H16N4. The first-order valence-corrected chi connectivity index (χ1v) is 6.81. The summed E-state index contributed by atoms with van der Waals surface area (Å²) in [5, 5.41) is 0. The van der Waals surface area contributed by atoms with Gasteiger partial charge in [-0.3, -0.25) is 0 Å². The van der Waals surface area contributed by atoms with Gasteiger partial charge in [-0.05, 0) is 23.8 Å². The number of benzene rings is 2. The van der Waals surface area contributed by atoms with Crippen molar-refractivity contribution >= 4 is 5.69 Å². The summed E-state index contributed by atoms with van der Waals surface area (Å²) < 4.78 is 0. The molecule has 0 saturated carbocycles. The van der Waals surface area contributed by atoms with Crippen LogP contribution in [0, 0.1) is 0 Å². The predicted octanol–water partition coefficient (Wildman–Crippen LogP) is 3.26. The van der Waals surface area contributed by atoms with E-state index in [1.54, 1.807) is 12.5 Å². The molecule has 0 aliphatic rings. The van der Waals surface area contributed by atoms with Crippen molar-refractivity contribution in [2.24, 2.45) is 0 Å². The second kappa shape index (κ2) is 6.63. The zero-order valence-corrected chi connectivity index (χ0v) is 11.5. The first kappa shape index (κ1) is 13.3. The van der Waals surface area contributed by atoms with Crippen molar-refractivity contribution in [2.45, 2.75) is 6.54 Å². The van der Waals surface area contributed by atoms with Crippen LogP contribution in [0.15, 0.2) is 73.2 Å². The third kappa shape index (κ3) is 3.64. The molecule has 4 heteroatoms. The number of anilines is 1. The molecule has 104 valence electrons. The summed E-state index contributed by atoms with van der Waals surface area (Å²) in [7, 11) is 0. The van der Waals surface area contributed by atoms with Gasteiger partial charge < -0.3 is 5.43 Å². The second-order valence-electron chi connectivity index (χ2n) is 4.64. The van der Waals surface area contributed by atoms with Crippen LogP contribution in [-0.4, -0.2) is 9.97 Å². The van der Waals surface area contributed by atoms with E-state index in [2.05, 4.69) is 45.1 Å². The molecular weight excluding hydrogens is 260 g/mol. The molecule has 1 heterocycles. The van der Waals surface area contributed by atoms with Gasteiger partial charge in [-0.25, -0.2) is 15.4 Å². The highest BCUT2D eigenvalue weighted by Crippen LogP contribution is 2.16. The van der Waals surface area contributed by atoms with E-state index in [1.807, 2.05) is 36.4 Å². The Bertz CT molecular complexity index is 666. The van der Waals surface area contributed by atoms with Crippen molar-refractivity contribution in [3.63, 3.8) is 0 Å². The van der Waals surface area contributed by atoms with Crippen LogP contribution < -0.4 is 10.9 Å². The third-order valence-electron chi connectivity index (χ3n) is 3.13. The van der Waals surface area contributed by atoms with E-state index >= 15 is 0 Å². The zero-order chi connectivity index (χ0) is 14.3. The molecule has 0 saturated heterocycles. The molecule has 4 nitrogen and oxygen atoms in total. The molecule has 0 aliphatic heterocycles. The molecule has 2 N–H and O–H groups in total. The summed E-state index contributed by atoms with van der Waals surface area (Å²) in [6, 6.07) is 20.3. The molecule has 0 atom stereocenters. The molecule has 2 aromatic carbocycles. The first-order valence-electron chi connectivity index (χ1n) is 6.81. The molecule has 0 amide bonds. The maximum atomic E-state index is 4.24. The van der Waals surface area contributed by atoms with E-state index in [0.29, 0.717) is 0 Å². The number of hydrazine groups is 1. The Balaban J connectivity index is 1.58. The number of rotatable bonds is 5. The van der Waals surface area contributed by atoms with Gasteiger partial charge in [0, 0.05) is 24.0 Å². The summed E-state index contributed by atoms with van der Waals surface area (Å²) >= 11 is 0. The van der Waals surface area contributed by atoms with Crippen LogP contribution in [0.25, 0.3) is 11.3 Å². The lowest BCUT2D eigenvalue weighted by atomic mass is 10.1. The van der Waals surface area contributed by atoms with Crippen molar-refractivity contribution in [1.82, 2.24) is 15.4 Å². The Kier molecular flexibility index (Phi) is 4.19. The van der Waals surface area contributed by atoms with Crippen molar-refractivity contribution in [3.05, 3.63) is 78.8 Å². The van der Waals surface area contributed by atoms with Crippen LogP contribution in [0.2, 0.25) is 0 Å². The summed E-state index contributed by atoms with van der Waals surface area (Å²) in [5.41, 5.74) is 10.7. The molecule has 0 unspecified atom stereocenters. The number of nitrogens with zero attached hydrogens (tertiary/aromatic N) is 2. The standard InChI is InChI=1S/C17H16N4/c1-2-4-16(5-3-1)21-20-12-14-6-8-15(9-7-14)17-10-11-18-13-19-17/h1-11,13,20-21H,12H2. The van der Waals surface area contributed by atoms with E-state index in [4.69, 9.17) is 0 Å². The van der Waals surface area contributed by atoms with Crippen molar-refractivity contribution in [1.29, 1.82) is 0 Å². The van der Waals surface area contributed by atoms with E-state index in [9.17, 15) is 0 Å². The van der Waals surface area contributed by atoms with Gasteiger partial charge in [0.15, 0.2) is 0 Å². The normalized spacial score (nSPS) is 10.3. The molecule has 21 heavy (non-hydrogen) atoms. The lowest BCUT2D eigenvalue weighted by Gasteiger charge is -2.08. The Labute approximate surface area is 123 Å². The lowest BCUT2D eigenvalue weighted by molar-refractivity contribution is 0.801. The van der Waals surface area contributed by atoms with Crippen LogP contribution in [0.5, 0.6) is 0 Å². The topological polar surface area (TPSA) is 49.8 Å². The highest BCUT2D eigenvalue weighted by atomic mass is 15.3. The van der Waals surface area contributed by atoms with Gasteiger partial charge in [-0.1, -0.05) is 42.5 Å². The fourth-order valence-electron chi connectivity index (χ4n) is 2.02. The van der Waals surface area contributed by atoms with E-state index in [0.717, 1.165) is 23.5 Å². The van der Waals surface area contributed by atoms with Gasteiger partial charge >= 0.3 is 0 Å². The van der Waals surface area contributed by atoms with Gasteiger partial charge in [0.05, 0.1) is 5.69 Å². The smallest absolute Gasteiger partial charge is 0.116 e. The van der Waals surface area contributed by atoms with Crippen LogP contribution in [0.4, 0.5) is 5.69 Å². The quantitative estimate of drug-likeness (QED) is 0.702. The average molecular weight is 276 g/mol. The van der Waals surface area contributed by atoms with Crippen molar-refractivity contribution in [2.75, 3.05) is 5.43 Å². The minimum Gasteiger partial charge on any atom is -0.321 e. The van der Waals surface area contributed by atoms with Gasteiger partial charge in [-0.2, -0.15) is 0 Å². The average Bonchev–Trinajstić information content (AvgIpc) is 2.57. The van der Waals surface area contributed by atoms with Crippen LogP contribution in [0.1, 0.15) is 5.56 Å². The first-order chi connectivity index (χ1) is 10.4. The fraction of sp³-hybridized carbons (Fsp3) is 0.0588. The number of aromatic nitrogens is 2. The Morgan fingerprint density at radius 3 is 2.38 bits per heavy atom. The highest BCUT2D eigenvalue weighted by Gasteiger charge is 1.98. The zero-order valence-electron chi connectivity index (χ0n) is 11.5. The molecule has 0 spiro atoms. The van der Waals surface area contributed by atoms with E-state index in [-0.39, 0.29) is 0 Å². The number of hydrogen-bond donors (Lipinski definition) is 2. The molecule has 0 bridgehead atoms. The summed E-state index contributed by atoms with van der Waals surface area (Å²) in [6.45, 7) is 0.749. The van der Waals surface area contributed by atoms with Crippen LogP contribution >= 0.6 is 0 Å². The monoisotopic (exact) mass is 276 g/mol. The van der Waals surface area contributed by atoms with Crippen molar-refractivity contribution in [3.8, 4) is 11.3 Å². The minimum atomic E-state index is 0.749. The SMILES string of the molecule is c1ccc(NNCc2ccc(-c3ccncn3)cc2)cc1. The van der Waals surface area contributed by atoms with E-state index < -0.39 is 0 Å². The molecule has 0 radical (unpaired) electrons. The highest BCUT2D eigenvalue weighted by molar-refractivity contribution is 5.58. The maximum Gasteiger partial charge on any atom is 0.116 e. The fourth-order valence-corrected chi connectivity index (χ4v) is 2.02. The number of para-hydroxylation sites is 1. The van der Waals surface area contributed by atoms with Crippen LogP contribution in [0.3, 0.4) is 0 Å². The van der Waals surface area contributed by atoms with Gasteiger partial charge in [0.25, 0.3) is 0 Å². The largest absolute Gasteiger partial charge is 0.321 e. The van der Waals surface area contributed by atoms with Gasteiger partial charge in [-0.15, -0.1) is 0 Å². The lowest BCUT2D eigenvalue weighted by Crippen LogP contribution is -2.20. The summed E-state index contributed by atoms with van der Waals surface area (Å²) in [4.78, 5) is 8.17. The van der Waals surface area contributed by atoms with Crippen molar-refractivity contribution < 1.29 is 0 Å². The van der Waals surface area contributed by atoms with E-state index in [1.165, 1.54) is 5.56 Å². The van der Waals surface area contributed by atoms with Gasteiger partial charge in [0.1, 0.15) is 6.33 Å². The third-order valence-corrected chi connectivity index (χ3v) is 3.13. The molecule has 3 aromatic rings. The Morgan fingerprint density at radius 1 is 0.857 bits per heavy atom. The minimum absolute atomic E-state index is 0.749. The van der Waals surface area contributed by atoms with Gasteiger partial charge in [0.2, 0.25) is 0 Å². The Morgan fingerprint density at radius 2 is 1.67 bits per heavy atom. The number of hydrogen-bond acceptors (Lipinski definition) is 4. The summed E-state index contributed by atoms with van der Waals surface area (Å²) in [6.07, 6.45) is 3.32. The second-order valence-corrected chi connectivity index (χ2v) is 4.64. The number of nitrogens with one attached hydrogen (secondary N) is 2. The summed E-state index contributed by atoms with van der Waals surface area (Å²) in [5.74, 6) is 0. The molecule has 0 fully saturated rings. The Hall–Kier alpha value is -2.72. The molecule has 0 aliphatic carbocycles. The molecule has 1 aromatic heterocycles.